The Bertz CT molecular complexity index is 455. The van der Waals surface area contributed by atoms with Crippen molar-refractivity contribution in [3.05, 3.63) is 5.82 Å². The number of nitrogens with zero attached hydrogens (tertiary/aromatic N) is 3. The van der Waals surface area contributed by atoms with Gasteiger partial charge in [-0.05, 0) is 20.8 Å². The Hall–Kier alpha value is -0.660. The van der Waals surface area contributed by atoms with Crippen LogP contribution in [0.4, 0.5) is 0 Å². The van der Waals surface area contributed by atoms with Gasteiger partial charge in [-0.1, -0.05) is 0 Å². The normalized spacial score (nSPS) is 12.3. The van der Waals surface area contributed by atoms with Crippen molar-refractivity contribution in [2.75, 3.05) is 0 Å². The first-order valence-corrected chi connectivity index (χ1v) is 7.15. The second kappa shape index (κ2) is 5.11. The smallest absolute Gasteiger partial charge is 0.296 e. The number of aromatic nitrogens is 3. The zero-order valence-corrected chi connectivity index (χ0v) is 10.9. The summed E-state index contributed by atoms with van der Waals surface area (Å²) in [6.07, 6.45) is 0.0399. The van der Waals surface area contributed by atoms with Crippen LogP contribution < -0.4 is 0 Å². The Kier molecular flexibility index (Phi) is 4.28. The van der Waals surface area contributed by atoms with Crippen molar-refractivity contribution in [3.8, 4) is 0 Å². The van der Waals surface area contributed by atoms with Crippen molar-refractivity contribution < 1.29 is 13.2 Å². The van der Waals surface area contributed by atoms with Gasteiger partial charge in [-0.15, -0.1) is 10.2 Å². The fourth-order valence-corrected chi connectivity index (χ4v) is 2.14. The third-order valence-corrected chi connectivity index (χ3v) is 3.03. The number of ether oxygens (including phenoxy) is 1. The van der Waals surface area contributed by atoms with E-state index >= 15 is 0 Å². The molecule has 0 aromatic carbocycles. The third kappa shape index (κ3) is 3.16. The molecule has 0 unspecified atom stereocenters. The van der Waals surface area contributed by atoms with Crippen molar-refractivity contribution in [2.24, 2.45) is 0 Å². The number of hydrogen-bond donors (Lipinski definition) is 0. The van der Waals surface area contributed by atoms with E-state index in [0.29, 0.717) is 12.4 Å². The van der Waals surface area contributed by atoms with E-state index in [-0.39, 0.29) is 17.9 Å². The Morgan fingerprint density at radius 2 is 2.06 bits per heavy atom. The van der Waals surface area contributed by atoms with E-state index in [4.69, 9.17) is 15.4 Å². The van der Waals surface area contributed by atoms with E-state index in [9.17, 15) is 8.42 Å². The second-order valence-electron chi connectivity index (χ2n) is 3.44. The molecule has 8 heteroatoms. The summed E-state index contributed by atoms with van der Waals surface area (Å²) in [6.45, 7) is 6.18. The first kappa shape index (κ1) is 13.4. The molecule has 0 bridgehead atoms. The average Bonchev–Trinajstić information content (AvgIpc) is 2.56. The summed E-state index contributed by atoms with van der Waals surface area (Å²) in [5, 5.41) is 7.06. The molecule has 0 atom stereocenters. The minimum absolute atomic E-state index is 0.0399. The monoisotopic (exact) mass is 267 g/mol. The molecule has 1 aromatic rings. The molecule has 0 fully saturated rings. The van der Waals surface area contributed by atoms with E-state index in [1.807, 2.05) is 13.8 Å². The van der Waals surface area contributed by atoms with Crippen molar-refractivity contribution in [3.63, 3.8) is 0 Å². The maximum absolute atomic E-state index is 11.2. The average molecular weight is 268 g/mol. The Balaban J connectivity index is 3.00. The Labute approximate surface area is 99.0 Å². The first-order chi connectivity index (χ1) is 7.36. The molecule has 0 aliphatic heterocycles. The van der Waals surface area contributed by atoms with Crippen molar-refractivity contribution >= 4 is 19.7 Å². The Morgan fingerprint density at radius 1 is 1.44 bits per heavy atom. The zero-order valence-electron chi connectivity index (χ0n) is 9.34. The Morgan fingerprint density at radius 3 is 2.50 bits per heavy atom. The van der Waals surface area contributed by atoms with Crippen molar-refractivity contribution in [1.82, 2.24) is 14.8 Å². The number of hydrogen-bond acceptors (Lipinski definition) is 5. The van der Waals surface area contributed by atoms with Gasteiger partial charge in [0.15, 0.2) is 5.82 Å². The molecule has 1 heterocycles. The van der Waals surface area contributed by atoms with Gasteiger partial charge in [0.25, 0.3) is 14.2 Å². The molecule has 1 rings (SSSR count). The van der Waals surface area contributed by atoms with Crippen LogP contribution >= 0.6 is 10.7 Å². The number of halogens is 1. The zero-order chi connectivity index (χ0) is 12.3. The van der Waals surface area contributed by atoms with Gasteiger partial charge in [-0.3, -0.25) is 4.57 Å². The maximum atomic E-state index is 11.2. The van der Waals surface area contributed by atoms with Crippen LogP contribution in [0.3, 0.4) is 0 Å². The van der Waals surface area contributed by atoms with E-state index in [1.165, 1.54) is 4.57 Å². The highest BCUT2D eigenvalue weighted by atomic mass is 35.7. The highest BCUT2D eigenvalue weighted by Gasteiger charge is 2.21. The second-order valence-corrected chi connectivity index (χ2v) is 5.90. The quantitative estimate of drug-likeness (QED) is 0.748. The van der Waals surface area contributed by atoms with Gasteiger partial charge < -0.3 is 4.74 Å². The lowest BCUT2D eigenvalue weighted by Gasteiger charge is -2.08. The highest BCUT2D eigenvalue weighted by molar-refractivity contribution is 8.13. The molecule has 0 saturated heterocycles. The summed E-state index contributed by atoms with van der Waals surface area (Å²) in [6, 6.07) is 0. The molecule has 0 aliphatic rings. The van der Waals surface area contributed by atoms with Crippen LogP contribution in [-0.2, 0) is 26.9 Å². The van der Waals surface area contributed by atoms with Crippen LogP contribution in [-0.4, -0.2) is 29.3 Å². The summed E-state index contributed by atoms with van der Waals surface area (Å²) >= 11 is 0. The fourth-order valence-electron chi connectivity index (χ4n) is 1.17. The van der Waals surface area contributed by atoms with Gasteiger partial charge in [-0.25, -0.2) is 8.42 Å². The molecule has 0 saturated carbocycles. The minimum Gasteiger partial charge on any atom is -0.371 e. The molecule has 1 aromatic heterocycles. The molecule has 6 nitrogen and oxygen atoms in total. The lowest BCUT2D eigenvalue weighted by atomic mass is 10.5. The molecule has 0 N–H and O–H groups in total. The van der Waals surface area contributed by atoms with E-state index in [2.05, 4.69) is 10.2 Å². The summed E-state index contributed by atoms with van der Waals surface area (Å²) in [4.78, 5) is 0. The van der Waals surface area contributed by atoms with Gasteiger partial charge >= 0.3 is 0 Å². The fraction of sp³-hybridized carbons (Fsp3) is 0.750. The largest absolute Gasteiger partial charge is 0.371 e. The summed E-state index contributed by atoms with van der Waals surface area (Å²) in [7, 11) is 1.37. The lowest BCUT2D eigenvalue weighted by molar-refractivity contribution is 0.0591. The highest BCUT2D eigenvalue weighted by Crippen LogP contribution is 2.14. The molecule has 0 spiro atoms. The van der Waals surface area contributed by atoms with E-state index in [0.717, 1.165) is 0 Å². The van der Waals surface area contributed by atoms with Gasteiger partial charge in [0.05, 0.1) is 6.10 Å². The number of rotatable bonds is 5. The van der Waals surface area contributed by atoms with Crippen LogP contribution in [0.25, 0.3) is 0 Å². The molecule has 0 radical (unpaired) electrons. The SMILES string of the molecule is CCn1c(COC(C)C)nnc1S(=O)(=O)Cl. The molecular weight excluding hydrogens is 254 g/mol. The topological polar surface area (TPSA) is 74.1 Å². The molecule has 0 aliphatic carbocycles. The van der Waals surface area contributed by atoms with Crippen LogP contribution in [0.15, 0.2) is 5.16 Å². The minimum atomic E-state index is -3.86. The van der Waals surface area contributed by atoms with Crippen molar-refractivity contribution in [1.29, 1.82) is 0 Å². The van der Waals surface area contributed by atoms with Crippen molar-refractivity contribution in [2.45, 2.75) is 45.2 Å². The first-order valence-electron chi connectivity index (χ1n) is 4.84. The molecule has 16 heavy (non-hydrogen) atoms. The van der Waals surface area contributed by atoms with E-state index in [1.54, 1.807) is 6.92 Å². The molecule has 0 amide bonds. The summed E-state index contributed by atoms with van der Waals surface area (Å²) < 4.78 is 29.1. The predicted molar refractivity (Wildman–Crippen MR) is 58.7 cm³/mol. The molecule has 92 valence electrons. The van der Waals surface area contributed by atoms with E-state index < -0.39 is 9.05 Å². The van der Waals surface area contributed by atoms with Crippen LogP contribution in [0.1, 0.15) is 26.6 Å². The van der Waals surface area contributed by atoms with Crippen LogP contribution in [0.5, 0.6) is 0 Å². The lowest BCUT2D eigenvalue weighted by Crippen LogP contribution is -2.11. The third-order valence-electron chi connectivity index (χ3n) is 1.87. The van der Waals surface area contributed by atoms with Gasteiger partial charge in [-0.2, -0.15) is 0 Å². The van der Waals surface area contributed by atoms with Gasteiger partial charge in [0.1, 0.15) is 6.61 Å². The summed E-state index contributed by atoms with van der Waals surface area (Å²) in [5.74, 6) is 0.454. The standard InChI is InChI=1S/C8H14ClN3O3S/c1-4-12-7(5-15-6(2)3)10-11-8(12)16(9,13)14/h6H,4-5H2,1-3H3. The van der Waals surface area contributed by atoms with Gasteiger partial charge in [0.2, 0.25) is 0 Å². The molecular formula is C8H14ClN3O3S. The predicted octanol–water partition coefficient (Wildman–Crippen LogP) is 1.15. The van der Waals surface area contributed by atoms with Crippen LogP contribution in [0, 0.1) is 0 Å². The maximum Gasteiger partial charge on any atom is 0.296 e. The van der Waals surface area contributed by atoms with Crippen LogP contribution in [0.2, 0.25) is 0 Å². The summed E-state index contributed by atoms with van der Waals surface area (Å²) in [5.41, 5.74) is 0. The van der Waals surface area contributed by atoms with Gasteiger partial charge in [0, 0.05) is 17.2 Å².